The van der Waals surface area contributed by atoms with Crippen LogP contribution in [0.1, 0.15) is 74.4 Å². The van der Waals surface area contributed by atoms with Gasteiger partial charge in [0.15, 0.2) is 12.1 Å². The summed E-state index contributed by atoms with van der Waals surface area (Å²) >= 11 is 0. The van der Waals surface area contributed by atoms with E-state index in [9.17, 15) is 43.5 Å². The highest BCUT2D eigenvalue weighted by Crippen LogP contribution is 2.52. The Morgan fingerprint density at radius 3 is 2.40 bits per heavy atom. The summed E-state index contributed by atoms with van der Waals surface area (Å²) in [5, 5.41) is 60.2. The molecule has 16 heteroatoms. The molecular formula is C34H37N3O12S. The fourth-order valence-electron chi connectivity index (χ4n) is 6.78. The zero-order chi connectivity index (χ0) is 36.3. The van der Waals surface area contributed by atoms with Gasteiger partial charge in [-0.15, -0.1) is 0 Å². The standard InChI is InChI=1S/C34H37N3O12S/c1-15-7-9-17(10-8-15)50(45,46)37-36-23(14-38)34(44)12-19-26(22(13-34)49-24-11-20(35)29(39)16(2)48-24)33(43)28-27(31(19)41)30(40)18-5-4-6-21(47-3)25(18)32(28)42/h4-10,16,20,22,24,29,37-39,41,43-44H,11-14,35H2,1-3H3. The molecule has 0 aromatic heterocycles. The Labute approximate surface area is 287 Å². The number of hydrazone groups is 1. The van der Waals surface area contributed by atoms with Crippen molar-refractivity contribution in [3.63, 3.8) is 0 Å². The molecule has 0 saturated carbocycles. The van der Waals surface area contributed by atoms with Crippen LogP contribution < -0.4 is 15.3 Å². The van der Waals surface area contributed by atoms with Crippen LogP contribution in [-0.4, -0.2) is 95.1 Å². The number of methoxy groups -OCH3 is 1. The van der Waals surface area contributed by atoms with Gasteiger partial charge in [0.1, 0.15) is 22.8 Å². The molecule has 15 nitrogen and oxygen atoms in total. The number of fused-ring (bicyclic) bond motifs is 3. The molecule has 6 unspecified atom stereocenters. The first-order chi connectivity index (χ1) is 23.6. The van der Waals surface area contributed by atoms with Crippen molar-refractivity contribution in [3.05, 3.63) is 81.4 Å². The van der Waals surface area contributed by atoms with Gasteiger partial charge in [0.25, 0.3) is 10.0 Å². The number of aryl methyl sites for hydroxylation is 1. The van der Waals surface area contributed by atoms with Gasteiger partial charge in [0, 0.05) is 42.0 Å². The lowest BCUT2D eigenvalue weighted by Crippen LogP contribution is -2.53. The van der Waals surface area contributed by atoms with Crippen molar-refractivity contribution in [3.8, 4) is 17.2 Å². The van der Waals surface area contributed by atoms with Crippen molar-refractivity contribution in [1.82, 2.24) is 4.83 Å². The van der Waals surface area contributed by atoms with Crippen LogP contribution in [0.15, 0.2) is 52.5 Å². The number of benzene rings is 3. The predicted molar refractivity (Wildman–Crippen MR) is 176 cm³/mol. The van der Waals surface area contributed by atoms with Crippen molar-refractivity contribution in [1.29, 1.82) is 0 Å². The van der Waals surface area contributed by atoms with Crippen LogP contribution in [0, 0.1) is 6.92 Å². The number of hydrogen-bond donors (Lipinski definition) is 7. The molecule has 0 radical (unpaired) electrons. The summed E-state index contributed by atoms with van der Waals surface area (Å²) < 4.78 is 43.4. The van der Waals surface area contributed by atoms with Crippen LogP contribution in [0.3, 0.4) is 0 Å². The summed E-state index contributed by atoms with van der Waals surface area (Å²) in [4.78, 5) is 29.6. The second-order valence-electron chi connectivity index (χ2n) is 12.7. The number of ketones is 2. The number of aliphatic hydroxyl groups excluding tert-OH is 2. The number of carbonyl (C=O) groups is 2. The van der Waals surface area contributed by atoms with Crippen molar-refractivity contribution in [2.75, 3.05) is 13.7 Å². The number of ether oxygens (including phenoxy) is 3. The van der Waals surface area contributed by atoms with Crippen LogP contribution in [0.2, 0.25) is 0 Å². The van der Waals surface area contributed by atoms with Gasteiger partial charge in [0.2, 0.25) is 5.78 Å². The van der Waals surface area contributed by atoms with Crippen molar-refractivity contribution in [2.24, 2.45) is 10.8 Å². The van der Waals surface area contributed by atoms with E-state index in [2.05, 4.69) is 5.10 Å². The second kappa shape index (κ2) is 13.0. The molecule has 266 valence electrons. The number of hydrogen-bond acceptors (Lipinski definition) is 14. The van der Waals surface area contributed by atoms with Gasteiger partial charge in [-0.3, -0.25) is 9.59 Å². The molecule has 1 saturated heterocycles. The van der Waals surface area contributed by atoms with Crippen LogP contribution in [0.4, 0.5) is 0 Å². The monoisotopic (exact) mass is 711 g/mol. The third-order valence-corrected chi connectivity index (χ3v) is 10.7. The van der Waals surface area contributed by atoms with E-state index >= 15 is 0 Å². The number of rotatable bonds is 8. The summed E-state index contributed by atoms with van der Waals surface area (Å²) in [6, 6.07) is 9.40. The fraction of sp³-hybridized carbons (Fsp3) is 0.382. The number of phenols is 2. The maximum absolute atomic E-state index is 13.9. The molecular weight excluding hydrogens is 674 g/mol. The predicted octanol–water partition coefficient (Wildman–Crippen LogP) is 1.08. The van der Waals surface area contributed by atoms with Gasteiger partial charge in [-0.1, -0.05) is 29.8 Å². The Bertz CT molecular complexity index is 2000. The minimum Gasteiger partial charge on any atom is -0.507 e. The Balaban J connectivity index is 1.48. The molecule has 2 aliphatic carbocycles. The number of phenolic OH excluding ortho intramolecular Hbond substituents is 2. The van der Waals surface area contributed by atoms with E-state index in [4.69, 9.17) is 19.9 Å². The molecule has 8 N–H and O–H groups in total. The van der Waals surface area contributed by atoms with E-state index in [1.165, 1.54) is 37.4 Å². The number of aromatic hydroxyl groups is 2. The SMILES string of the molecule is COc1cccc2c1C(=O)c1c(O)c3c(c(O)c1C2=O)CC(O)(C(CO)=NNS(=O)(=O)c1ccc(C)cc1)CC3OC1CC(N)C(O)C(C)O1. The Hall–Kier alpha value is -4.42. The van der Waals surface area contributed by atoms with Gasteiger partial charge >= 0.3 is 0 Å². The Morgan fingerprint density at radius 1 is 1.08 bits per heavy atom. The van der Waals surface area contributed by atoms with Gasteiger partial charge < -0.3 is 45.5 Å². The molecule has 6 rings (SSSR count). The molecule has 1 aliphatic heterocycles. The molecule has 3 aromatic rings. The fourth-order valence-corrected chi connectivity index (χ4v) is 7.61. The molecule has 3 aliphatic rings. The van der Waals surface area contributed by atoms with E-state index in [1.54, 1.807) is 26.0 Å². The van der Waals surface area contributed by atoms with E-state index in [0.717, 1.165) is 5.56 Å². The van der Waals surface area contributed by atoms with Crippen molar-refractivity contribution < 1.29 is 57.8 Å². The van der Waals surface area contributed by atoms with E-state index in [-0.39, 0.29) is 39.3 Å². The number of nitrogens with two attached hydrogens (primary N) is 1. The number of aliphatic hydroxyl groups is 3. The molecule has 0 amide bonds. The highest BCUT2D eigenvalue weighted by atomic mass is 32.2. The molecule has 6 atom stereocenters. The molecule has 50 heavy (non-hydrogen) atoms. The minimum atomic E-state index is -4.27. The first-order valence-electron chi connectivity index (χ1n) is 15.7. The average molecular weight is 712 g/mol. The number of carbonyl (C=O) groups excluding carboxylic acids is 2. The molecule has 3 aromatic carbocycles. The minimum absolute atomic E-state index is 0.0350. The molecule has 1 heterocycles. The summed E-state index contributed by atoms with van der Waals surface area (Å²) in [5.74, 6) is -2.99. The lowest BCUT2D eigenvalue weighted by atomic mass is 9.71. The maximum atomic E-state index is 13.9. The van der Waals surface area contributed by atoms with Gasteiger partial charge in [-0.25, -0.2) is 0 Å². The highest BCUT2D eigenvalue weighted by Gasteiger charge is 2.49. The van der Waals surface area contributed by atoms with Crippen LogP contribution in [-0.2, 0) is 25.9 Å². The maximum Gasteiger partial charge on any atom is 0.276 e. The van der Waals surface area contributed by atoms with E-state index in [0.29, 0.717) is 0 Å². The quantitative estimate of drug-likeness (QED) is 0.0769. The largest absolute Gasteiger partial charge is 0.507 e. The lowest BCUT2D eigenvalue weighted by molar-refractivity contribution is -0.245. The zero-order valence-electron chi connectivity index (χ0n) is 27.3. The molecule has 1 fully saturated rings. The topological polar surface area (TPSA) is 248 Å². The van der Waals surface area contributed by atoms with Crippen LogP contribution >= 0.6 is 0 Å². The third kappa shape index (κ3) is 5.91. The number of nitrogens with zero attached hydrogens (tertiary/aromatic N) is 1. The molecule has 0 spiro atoms. The highest BCUT2D eigenvalue weighted by molar-refractivity contribution is 7.89. The zero-order valence-corrected chi connectivity index (χ0v) is 28.1. The Kier molecular flexibility index (Phi) is 9.23. The van der Waals surface area contributed by atoms with Crippen LogP contribution in [0.25, 0.3) is 0 Å². The first kappa shape index (κ1) is 35.4. The lowest BCUT2D eigenvalue weighted by Gasteiger charge is -2.43. The Morgan fingerprint density at radius 2 is 1.76 bits per heavy atom. The summed E-state index contributed by atoms with van der Waals surface area (Å²) in [6.07, 6.45) is -5.51. The van der Waals surface area contributed by atoms with Gasteiger partial charge in [-0.05, 0) is 32.0 Å². The smallest absolute Gasteiger partial charge is 0.276 e. The van der Waals surface area contributed by atoms with E-state index < -0.39 is 106 Å². The van der Waals surface area contributed by atoms with Crippen molar-refractivity contribution >= 4 is 27.3 Å². The summed E-state index contributed by atoms with van der Waals surface area (Å²) in [7, 11) is -2.96. The van der Waals surface area contributed by atoms with Gasteiger partial charge in [0.05, 0.1) is 59.3 Å². The average Bonchev–Trinajstić information content (AvgIpc) is 3.07. The van der Waals surface area contributed by atoms with Gasteiger partial charge in [-0.2, -0.15) is 18.4 Å². The molecule has 0 bridgehead atoms. The second-order valence-corrected chi connectivity index (χ2v) is 14.4. The third-order valence-electron chi connectivity index (χ3n) is 9.46. The van der Waals surface area contributed by atoms with Crippen LogP contribution in [0.5, 0.6) is 17.2 Å². The summed E-state index contributed by atoms with van der Waals surface area (Å²) in [6.45, 7) is 2.38. The summed E-state index contributed by atoms with van der Waals surface area (Å²) in [5.41, 5.74) is 2.57. The van der Waals surface area contributed by atoms with E-state index in [1.807, 2.05) is 4.83 Å². The van der Waals surface area contributed by atoms with Crippen molar-refractivity contribution in [2.45, 2.75) is 74.3 Å². The number of sulfonamides is 1. The first-order valence-corrected chi connectivity index (χ1v) is 17.2. The normalized spacial score (nSPS) is 26.5. The number of nitrogens with one attached hydrogen (secondary N) is 1.